The van der Waals surface area contributed by atoms with Crippen LogP contribution in [0, 0.1) is 11.7 Å². The van der Waals surface area contributed by atoms with Gasteiger partial charge in [0, 0.05) is 17.0 Å². The number of carboxylic acid groups (broad SMARTS) is 1. The molecule has 2 N–H and O–H groups in total. The zero-order chi connectivity index (χ0) is 24.5. The molecule has 1 aliphatic rings. The minimum atomic E-state index is -1.02. The van der Waals surface area contributed by atoms with Gasteiger partial charge < -0.3 is 14.6 Å². The Bertz CT molecular complexity index is 1480. The van der Waals surface area contributed by atoms with Gasteiger partial charge in [-0.15, -0.1) is 0 Å². The second-order valence-corrected chi connectivity index (χ2v) is 9.04. The number of allylic oxidation sites excluding steroid dienone is 1. The summed E-state index contributed by atoms with van der Waals surface area (Å²) in [7, 11) is 0. The Morgan fingerprint density at radius 1 is 1.06 bits per heavy atom. The third-order valence-corrected chi connectivity index (χ3v) is 6.78. The Hall–Kier alpha value is -3.83. The van der Waals surface area contributed by atoms with Crippen molar-refractivity contribution >= 4 is 45.8 Å². The van der Waals surface area contributed by atoms with Gasteiger partial charge in [-0.2, -0.15) is 0 Å². The molecule has 3 aromatic carbocycles. The maximum Gasteiger partial charge on any atom is 0.328 e. The number of benzene rings is 3. The van der Waals surface area contributed by atoms with Gasteiger partial charge in [0.15, 0.2) is 11.3 Å². The molecule has 1 aliphatic carbocycles. The van der Waals surface area contributed by atoms with Crippen LogP contribution in [0.5, 0.6) is 5.75 Å². The maximum absolute atomic E-state index is 13.9. The van der Waals surface area contributed by atoms with Gasteiger partial charge in [0.2, 0.25) is 0 Å². The molecule has 0 atom stereocenters. The van der Waals surface area contributed by atoms with Gasteiger partial charge >= 0.3 is 5.97 Å². The summed E-state index contributed by atoms with van der Waals surface area (Å²) in [6.45, 7) is 0. The van der Waals surface area contributed by atoms with E-state index in [1.54, 1.807) is 24.5 Å². The molecule has 4 nitrogen and oxygen atoms in total. The highest BCUT2D eigenvalue weighted by atomic mass is 35.5. The summed E-state index contributed by atoms with van der Waals surface area (Å²) in [4.78, 5) is 10.9. The van der Waals surface area contributed by atoms with Crippen LogP contribution in [0.3, 0.4) is 0 Å². The van der Waals surface area contributed by atoms with Crippen molar-refractivity contribution in [2.45, 2.75) is 19.3 Å². The fourth-order valence-electron chi connectivity index (χ4n) is 4.58. The Labute approximate surface area is 206 Å². The molecule has 0 radical (unpaired) electrons. The molecule has 0 aliphatic heterocycles. The zero-order valence-electron chi connectivity index (χ0n) is 18.7. The summed E-state index contributed by atoms with van der Waals surface area (Å²) in [5.41, 5.74) is 5.46. The molecule has 1 aromatic heterocycles. The lowest BCUT2D eigenvalue weighted by atomic mass is 9.73. The van der Waals surface area contributed by atoms with E-state index >= 15 is 0 Å². The molecule has 1 heterocycles. The number of fused-ring (bicyclic) bond motifs is 1. The first kappa shape index (κ1) is 22.9. The van der Waals surface area contributed by atoms with Crippen LogP contribution in [-0.4, -0.2) is 16.2 Å². The highest BCUT2D eigenvalue weighted by Gasteiger charge is 2.30. The van der Waals surface area contributed by atoms with Crippen LogP contribution in [0.2, 0.25) is 5.02 Å². The highest BCUT2D eigenvalue weighted by Crippen LogP contribution is 2.48. The van der Waals surface area contributed by atoms with Gasteiger partial charge in [0.25, 0.3) is 0 Å². The normalized spacial score (nSPS) is 14.8. The monoisotopic (exact) mass is 488 g/mol. The minimum absolute atomic E-state index is 0.0484. The van der Waals surface area contributed by atoms with Gasteiger partial charge in [0.05, 0.1) is 11.3 Å². The van der Waals surface area contributed by atoms with Crippen molar-refractivity contribution in [3.8, 4) is 5.75 Å². The number of carboxylic acids is 1. The van der Waals surface area contributed by atoms with Crippen LogP contribution in [-0.2, 0) is 4.79 Å². The number of rotatable bonds is 6. The first-order chi connectivity index (χ1) is 16.9. The summed E-state index contributed by atoms with van der Waals surface area (Å²) in [5, 5.41) is 20.4. The number of phenolic OH excluding ortho intramolecular Hbond substituents is 1. The molecular weight excluding hydrogens is 467 g/mol. The number of hydrogen-bond donors (Lipinski definition) is 2. The van der Waals surface area contributed by atoms with Crippen LogP contribution in [0.15, 0.2) is 77.4 Å². The zero-order valence-corrected chi connectivity index (χ0v) is 19.4. The molecule has 0 amide bonds. The first-order valence-electron chi connectivity index (χ1n) is 11.3. The van der Waals surface area contributed by atoms with E-state index in [1.165, 1.54) is 18.2 Å². The molecule has 1 fully saturated rings. The molecule has 4 aromatic rings. The lowest BCUT2D eigenvalue weighted by Crippen LogP contribution is -2.15. The minimum Gasteiger partial charge on any atom is -0.504 e. The summed E-state index contributed by atoms with van der Waals surface area (Å²) in [6.07, 6.45) is 7.31. The third kappa shape index (κ3) is 4.47. The average molecular weight is 489 g/mol. The van der Waals surface area contributed by atoms with E-state index in [2.05, 4.69) is 0 Å². The van der Waals surface area contributed by atoms with Crippen molar-refractivity contribution < 1.29 is 23.8 Å². The summed E-state index contributed by atoms with van der Waals surface area (Å²) < 4.78 is 19.7. The highest BCUT2D eigenvalue weighted by molar-refractivity contribution is 6.33. The molecule has 0 unspecified atom stereocenters. The molecule has 0 saturated heterocycles. The standard InChI is InChI=1S/C29H22ClFO4/c30-24-15-20(31)12-13-22(24)27(18-3-1-4-18)28(19-10-7-17(8-11-19)9-14-26(33)34)23-16-35-29-21(23)5-2-6-25(29)32/h2,5-16,18,32H,1,3-4H2,(H,33,34)/b14-9?,28-27-. The van der Waals surface area contributed by atoms with E-state index < -0.39 is 11.8 Å². The van der Waals surface area contributed by atoms with Crippen molar-refractivity contribution in [2.24, 2.45) is 5.92 Å². The lowest BCUT2D eigenvalue weighted by molar-refractivity contribution is -0.131. The second kappa shape index (κ2) is 9.43. The second-order valence-electron chi connectivity index (χ2n) is 8.64. The number of para-hydroxylation sites is 1. The van der Waals surface area contributed by atoms with E-state index in [1.807, 2.05) is 30.3 Å². The Morgan fingerprint density at radius 2 is 1.83 bits per heavy atom. The fraction of sp³-hybridized carbons (Fsp3) is 0.138. The molecule has 0 spiro atoms. The molecular formula is C29H22ClFO4. The number of halogens is 2. The number of furan rings is 1. The van der Waals surface area contributed by atoms with Crippen molar-refractivity contribution in [1.29, 1.82) is 0 Å². The Balaban J connectivity index is 1.79. The van der Waals surface area contributed by atoms with Crippen LogP contribution < -0.4 is 0 Å². The molecule has 0 bridgehead atoms. The summed E-state index contributed by atoms with van der Waals surface area (Å²) in [6, 6.07) is 17.2. The number of aliphatic carboxylic acids is 1. The predicted molar refractivity (Wildman–Crippen MR) is 136 cm³/mol. The van der Waals surface area contributed by atoms with Gasteiger partial charge in [-0.1, -0.05) is 60.5 Å². The van der Waals surface area contributed by atoms with E-state index in [0.717, 1.165) is 64.1 Å². The van der Waals surface area contributed by atoms with Crippen molar-refractivity contribution in [1.82, 2.24) is 0 Å². The fourth-order valence-corrected chi connectivity index (χ4v) is 4.85. The van der Waals surface area contributed by atoms with E-state index in [0.29, 0.717) is 10.6 Å². The van der Waals surface area contributed by atoms with E-state index in [9.17, 15) is 14.3 Å². The average Bonchev–Trinajstić information content (AvgIpc) is 3.22. The van der Waals surface area contributed by atoms with Crippen LogP contribution >= 0.6 is 11.6 Å². The first-order valence-corrected chi connectivity index (χ1v) is 11.7. The largest absolute Gasteiger partial charge is 0.504 e. The van der Waals surface area contributed by atoms with Crippen LogP contribution in [0.1, 0.15) is 41.5 Å². The number of hydrogen-bond acceptors (Lipinski definition) is 3. The lowest BCUT2D eigenvalue weighted by Gasteiger charge is -2.32. The number of phenols is 1. The van der Waals surface area contributed by atoms with Crippen molar-refractivity contribution in [3.63, 3.8) is 0 Å². The SMILES string of the molecule is O=C(O)C=Cc1ccc(/C(=C(/c2ccc(F)cc2Cl)C2CCC2)c2coc3c(O)cccc23)cc1. The Morgan fingerprint density at radius 3 is 2.49 bits per heavy atom. The summed E-state index contributed by atoms with van der Waals surface area (Å²) >= 11 is 6.58. The quantitative estimate of drug-likeness (QED) is 0.214. The number of aromatic hydroxyl groups is 1. The molecule has 176 valence electrons. The Kier molecular flexibility index (Phi) is 6.18. The smallest absolute Gasteiger partial charge is 0.328 e. The van der Waals surface area contributed by atoms with Crippen LogP contribution in [0.25, 0.3) is 28.2 Å². The predicted octanol–water partition coefficient (Wildman–Crippen LogP) is 7.79. The van der Waals surface area contributed by atoms with Gasteiger partial charge in [0.1, 0.15) is 5.82 Å². The van der Waals surface area contributed by atoms with Gasteiger partial charge in [-0.05, 0) is 70.9 Å². The topological polar surface area (TPSA) is 70.7 Å². The molecule has 5 rings (SSSR count). The van der Waals surface area contributed by atoms with Gasteiger partial charge in [-0.25, -0.2) is 9.18 Å². The molecule has 1 saturated carbocycles. The third-order valence-electron chi connectivity index (χ3n) is 6.47. The van der Waals surface area contributed by atoms with E-state index in [4.69, 9.17) is 21.1 Å². The van der Waals surface area contributed by atoms with E-state index in [-0.39, 0.29) is 11.7 Å². The van der Waals surface area contributed by atoms with Crippen molar-refractivity contribution in [2.75, 3.05) is 0 Å². The summed E-state index contributed by atoms with van der Waals surface area (Å²) in [5.74, 6) is -1.15. The maximum atomic E-state index is 13.9. The van der Waals surface area contributed by atoms with Crippen molar-refractivity contribution in [3.05, 3.63) is 106 Å². The molecule has 35 heavy (non-hydrogen) atoms. The number of carbonyl (C=O) groups is 1. The van der Waals surface area contributed by atoms with Gasteiger partial charge in [-0.3, -0.25) is 0 Å². The van der Waals surface area contributed by atoms with Crippen LogP contribution in [0.4, 0.5) is 4.39 Å². The molecule has 6 heteroatoms.